The van der Waals surface area contributed by atoms with E-state index >= 15 is 0 Å². The standard InChI is InChI=1S/C9H15NO/c1-6(2)8-4-9(8,5-8)7(11)10-3/h6H,4-5H2,1-3H3,(H,10,11). The molecule has 1 N–H and O–H groups in total. The molecule has 2 aliphatic carbocycles. The van der Waals surface area contributed by atoms with Crippen LogP contribution >= 0.6 is 0 Å². The van der Waals surface area contributed by atoms with E-state index in [0.29, 0.717) is 11.3 Å². The summed E-state index contributed by atoms with van der Waals surface area (Å²) in [5, 5.41) is 2.75. The molecule has 62 valence electrons. The van der Waals surface area contributed by atoms with Crippen LogP contribution in [0.25, 0.3) is 0 Å². The summed E-state index contributed by atoms with van der Waals surface area (Å²) >= 11 is 0. The van der Waals surface area contributed by atoms with Crippen LogP contribution in [0.1, 0.15) is 26.7 Å². The lowest BCUT2D eigenvalue weighted by molar-refractivity contribution is -0.123. The third-order valence-corrected chi connectivity index (χ3v) is 3.70. The summed E-state index contributed by atoms with van der Waals surface area (Å²) in [5.74, 6) is 0.950. The number of carbonyl (C=O) groups excluding carboxylic acids is 1. The van der Waals surface area contributed by atoms with Crippen molar-refractivity contribution in [3.63, 3.8) is 0 Å². The second-order valence-electron chi connectivity index (χ2n) is 4.33. The quantitative estimate of drug-likeness (QED) is 0.634. The van der Waals surface area contributed by atoms with Gasteiger partial charge in [0.15, 0.2) is 0 Å². The van der Waals surface area contributed by atoms with E-state index in [2.05, 4.69) is 19.2 Å². The van der Waals surface area contributed by atoms with Crippen molar-refractivity contribution in [3.05, 3.63) is 0 Å². The van der Waals surface area contributed by atoms with Crippen LogP contribution in [0.5, 0.6) is 0 Å². The van der Waals surface area contributed by atoms with Crippen molar-refractivity contribution in [1.82, 2.24) is 5.32 Å². The van der Waals surface area contributed by atoms with Crippen LogP contribution in [0.3, 0.4) is 0 Å². The molecule has 2 saturated carbocycles. The highest BCUT2D eigenvalue weighted by molar-refractivity contribution is 5.91. The van der Waals surface area contributed by atoms with E-state index < -0.39 is 0 Å². The van der Waals surface area contributed by atoms with Gasteiger partial charge in [-0.3, -0.25) is 4.79 Å². The highest BCUT2D eigenvalue weighted by Gasteiger charge is 2.87. The molecule has 2 aliphatic rings. The molecular weight excluding hydrogens is 138 g/mol. The molecular formula is C9H15NO. The molecule has 11 heavy (non-hydrogen) atoms. The predicted molar refractivity (Wildman–Crippen MR) is 43.0 cm³/mol. The molecule has 2 heteroatoms. The Balaban J connectivity index is 2.08. The largest absolute Gasteiger partial charge is 0.359 e. The molecule has 0 saturated heterocycles. The van der Waals surface area contributed by atoms with Crippen molar-refractivity contribution >= 4 is 5.91 Å². The van der Waals surface area contributed by atoms with Gasteiger partial charge < -0.3 is 5.32 Å². The van der Waals surface area contributed by atoms with Crippen LogP contribution < -0.4 is 5.32 Å². The maximum atomic E-state index is 11.3. The van der Waals surface area contributed by atoms with Crippen molar-refractivity contribution in [3.8, 4) is 0 Å². The molecule has 0 heterocycles. The highest BCUT2D eigenvalue weighted by atomic mass is 16.2. The Morgan fingerprint density at radius 2 is 2.00 bits per heavy atom. The Labute approximate surface area is 67.4 Å². The second kappa shape index (κ2) is 1.62. The zero-order valence-corrected chi connectivity index (χ0v) is 7.40. The number of carbonyl (C=O) groups is 1. The van der Waals surface area contributed by atoms with E-state index in [4.69, 9.17) is 0 Å². The van der Waals surface area contributed by atoms with E-state index in [1.807, 2.05) is 0 Å². The maximum absolute atomic E-state index is 11.3. The molecule has 1 amide bonds. The lowest BCUT2D eigenvalue weighted by Crippen LogP contribution is -2.23. The van der Waals surface area contributed by atoms with Crippen LogP contribution in [0.15, 0.2) is 0 Å². The van der Waals surface area contributed by atoms with E-state index in [-0.39, 0.29) is 11.3 Å². The van der Waals surface area contributed by atoms with E-state index in [9.17, 15) is 4.79 Å². The Morgan fingerprint density at radius 1 is 1.45 bits per heavy atom. The number of rotatable bonds is 2. The number of hydrogen-bond donors (Lipinski definition) is 1. The molecule has 0 bridgehead atoms. The molecule has 2 nitrogen and oxygen atoms in total. The average molecular weight is 153 g/mol. The SMILES string of the molecule is CNC(=O)C12CC1(C(C)C)C2. The second-order valence-corrected chi connectivity index (χ2v) is 4.33. The summed E-state index contributed by atoms with van der Waals surface area (Å²) in [4.78, 5) is 11.3. The van der Waals surface area contributed by atoms with E-state index in [1.165, 1.54) is 0 Å². The lowest BCUT2D eigenvalue weighted by Gasteiger charge is -2.03. The molecule has 0 atom stereocenters. The summed E-state index contributed by atoms with van der Waals surface area (Å²) in [6, 6.07) is 0. The van der Waals surface area contributed by atoms with Gasteiger partial charge in [-0.2, -0.15) is 0 Å². The third-order valence-electron chi connectivity index (χ3n) is 3.70. The van der Waals surface area contributed by atoms with Gasteiger partial charge in [0.05, 0.1) is 5.41 Å². The molecule has 0 radical (unpaired) electrons. The number of nitrogens with one attached hydrogen (secondary N) is 1. The number of hydrogen-bond acceptors (Lipinski definition) is 1. The van der Waals surface area contributed by atoms with E-state index in [0.717, 1.165) is 12.8 Å². The van der Waals surface area contributed by atoms with E-state index in [1.54, 1.807) is 7.05 Å². The molecule has 0 aliphatic heterocycles. The molecule has 0 spiro atoms. The summed E-state index contributed by atoms with van der Waals surface area (Å²) < 4.78 is 0. The maximum Gasteiger partial charge on any atom is 0.226 e. The molecule has 0 aromatic carbocycles. The van der Waals surface area contributed by atoms with Gasteiger partial charge in [0.25, 0.3) is 0 Å². The van der Waals surface area contributed by atoms with Crippen molar-refractivity contribution in [2.45, 2.75) is 26.7 Å². The van der Waals surface area contributed by atoms with Gasteiger partial charge in [-0.25, -0.2) is 0 Å². The molecule has 2 fully saturated rings. The van der Waals surface area contributed by atoms with Crippen LogP contribution in [0.2, 0.25) is 0 Å². The monoisotopic (exact) mass is 153 g/mol. The molecule has 0 unspecified atom stereocenters. The summed E-state index contributed by atoms with van der Waals surface area (Å²) in [6.07, 6.45) is 2.27. The first-order chi connectivity index (χ1) is 5.09. The van der Waals surface area contributed by atoms with Crippen molar-refractivity contribution < 1.29 is 4.79 Å². The van der Waals surface area contributed by atoms with Crippen LogP contribution in [0, 0.1) is 16.7 Å². The topological polar surface area (TPSA) is 29.1 Å². The van der Waals surface area contributed by atoms with Crippen LogP contribution in [0.4, 0.5) is 0 Å². The Bertz CT molecular complexity index is 214. The first-order valence-corrected chi connectivity index (χ1v) is 4.31. The number of amides is 1. The first kappa shape index (κ1) is 7.14. The fourth-order valence-electron chi connectivity index (χ4n) is 2.52. The van der Waals surface area contributed by atoms with Crippen LogP contribution in [-0.4, -0.2) is 13.0 Å². The summed E-state index contributed by atoms with van der Waals surface area (Å²) in [7, 11) is 1.73. The molecule has 0 aromatic heterocycles. The number of fused-ring (bicyclic) bond motifs is 1. The minimum Gasteiger partial charge on any atom is -0.359 e. The van der Waals surface area contributed by atoms with Crippen LogP contribution in [-0.2, 0) is 4.79 Å². The van der Waals surface area contributed by atoms with Gasteiger partial charge in [0, 0.05) is 7.05 Å². The van der Waals surface area contributed by atoms with Gasteiger partial charge in [-0.15, -0.1) is 0 Å². The van der Waals surface area contributed by atoms with Gasteiger partial charge in [-0.05, 0) is 24.2 Å². The van der Waals surface area contributed by atoms with Crippen molar-refractivity contribution in [2.75, 3.05) is 7.05 Å². The first-order valence-electron chi connectivity index (χ1n) is 4.31. The smallest absolute Gasteiger partial charge is 0.226 e. The fourth-order valence-corrected chi connectivity index (χ4v) is 2.52. The van der Waals surface area contributed by atoms with Crippen molar-refractivity contribution in [1.29, 1.82) is 0 Å². The average Bonchev–Trinajstić information content (AvgIpc) is 2.68. The minimum absolute atomic E-state index is 0.0932. The zero-order valence-electron chi connectivity index (χ0n) is 7.40. The Morgan fingerprint density at radius 3 is 2.27 bits per heavy atom. The fraction of sp³-hybridized carbons (Fsp3) is 0.889. The normalized spacial score (nSPS) is 45.1. The predicted octanol–water partition coefficient (Wildman–Crippen LogP) is 1.17. The third kappa shape index (κ3) is 0.569. The minimum atomic E-state index is 0.0932. The highest BCUT2D eigenvalue weighted by Crippen LogP contribution is 2.88. The van der Waals surface area contributed by atoms with Gasteiger partial charge >= 0.3 is 0 Å². The Kier molecular flexibility index (Phi) is 1.05. The summed E-state index contributed by atoms with van der Waals surface area (Å²) in [5.41, 5.74) is 0.517. The zero-order chi connectivity index (χ0) is 8.28. The lowest BCUT2D eigenvalue weighted by atomic mass is 10.0. The summed E-state index contributed by atoms with van der Waals surface area (Å²) in [6.45, 7) is 4.44. The van der Waals surface area contributed by atoms with Gasteiger partial charge in [-0.1, -0.05) is 13.8 Å². The van der Waals surface area contributed by atoms with Crippen molar-refractivity contribution in [2.24, 2.45) is 16.7 Å². The van der Waals surface area contributed by atoms with Gasteiger partial charge in [0.2, 0.25) is 5.91 Å². The van der Waals surface area contributed by atoms with Gasteiger partial charge in [0.1, 0.15) is 0 Å². The molecule has 0 aromatic rings. The molecule has 2 rings (SSSR count). The Hall–Kier alpha value is -0.530.